The molecule has 0 aromatic heterocycles. The molecule has 1 amide bonds. The molecular formula is C15H25N3O3. The van der Waals surface area contributed by atoms with E-state index in [1.807, 2.05) is 12.1 Å². The number of amides is 1. The van der Waals surface area contributed by atoms with Crippen LogP contribution in [-0.4, -0.2) is 51.7 Å². The molecule has 0 atom stereocenters. The smallest absolute Gasteiger partial charge is 0.255 e. The maximum absolute atomic E-state index is 10.9. The van der Waals surface area contributed by atoms with Crippen molar-refractivity contribution in [3.8, 4) is 11.5 Å². The van der Waals surface area contributed by atoms with Crippen molar-refractivity contribution in [1.29, 1.82) is 0 Å². The van der Waals surface area contributed by atoms with Crippen molar-refractivity contribution in [1.82, 2.24) is 10.2 Å². The normalized spacial score (nSPS) is 10.7. The van der Waals surface area contributed by atoms with Crippen molar-refractivity contribution in [3.63, 3.8) is 0 Å². The average molecular weight is 295 g/mol. The van der Waals surface area contributed by atoms with Crippen molar-refractivity contribution in [2.24, 2.45) is 5.73 Å². The molecule has 6 nitrogen and oxygen atoms in total. The fraction of sp³-hybridized carbons (Fsp3) is 0.533. The molecule has 0 heterocycles. The maximum Gasteiger partial charge on any atom is 0.255 e. The Labute approximate surface area is 126 Å². The molecule has 6 heteroatoms. The topological polar surface area (TPSA) is 76.8 Å². The molecule has 0 unspecified atom stereocenters. The first-order valence-electron chi connectivity index (χ1n) is 6.97. The van der Waals surface area contributed by atoms with Gasteiger partial charge in [-0.3, -0.25) is 4.79 Å². The van der Waals surface area contributed by atoms with Crippen LogP contribution < -0.4 is 20.5 Å². The monoisotopic (exact) mass is 295 g/mol. The van der Waals surface area contributed by atoms with E-state index in [2.05, 4.69) is 24.3 Å². The van der Waals surface area contributed by atoms with E-state index in [0.717, 1.165) is 25.1 Å². The first-order valence-corrected chi connectivity index (χ1v) is 6.97. The van der Waals surface area contributed by atoms with E-state index in [1.54, 1.807) is 13.2 Å². The molecule has 0 aliphatic carbocycles. The highest BCUT2D eigenvalue weighted by molar-refractivity contribution is 5.75. The highest BCUT2D eigenvalue weighted by Gasteiger charge is 2.11. The Morgan fingerprint density at radius 1 is 1.38 bits per heavy atom. The van der Waals surface area contributed by atoms with Crippen LogP contribution in [0.1, 0.15) is 12.0 Å². The number of hydrogen-bond acceptors (Lipinski definition) is 5. The molecule has 0 aliphatic heterocycles. The minimum absolute atomic E-state index is 0.159. The number of carbonyl (C=O) groups is 1. The zero-order chi connectivity index (χ0) is 15.7. The van der Waals surface area contributed by atoms with Gasteiger partial charge in [0.05, 0.1) is 7.11 Å². The van der Waals surface area contributed by atoms with E-state index in [4.69, 9.17) is 15.2 Å². The lowest BCUT2D eigenvalue weighted by Gasteiger charge is -2.15. The Bertz CT molecular complexity index is 450. The summed E-state index contributed by atoms with van der Waals surface area (Å²) < 4.78 is 10.7. The molecule has 0 saturated heterocycles. The Morgan fingerprint density at radius 2 is 2.14 bits per heavy atom. The number of nitrogens with zero attached hydrogens (tertiary/aromatic N) is 1. The fourth-order valence-corrected chi connectivity index (χ4v) is 1.91. The van der Waals surface area contributed by atoms with Gasteiger partial charge in [-0.1, -0.05) is 12.1 Å². The van der Waals surface area contributed by atoms with Crippen molar-refractivity contribution in [2.75, 3.05) is 40.9 Å². The third kappa shape index (κ3) is 6.46. The number of nitrogens with two attached hydrogens (primary N) is 1. The summed E-state index contributed by atoms with van der Waals surface area (Å²) in [6.07, 6.45) is 1.06. The van der Waals surface area contributed by atoms with Gasteiger partial charge < -0.3 is 25.4 Å². The second-order valence-electron chi connectivity index (χ2n) is 5.04. The quantitative estimate of drug-likeness (QED) is 0.618. The molecule has 1 aromatic rings. The minimum atomic E-state index is -0.509. The van der Waals surface area contributed by atoms with Crippen molar-refractivity contribution in [2.45, 2.75) is 13.0 Å². The van der Waals surface area contributed by atoms with E-state index in [1.165, 1.54) is 0 Å². The molecule has 1 rings (SSSR count). The van der Waals surface area contributed by atoms with Crippen molar-refractivity contribution >= 4 is 5.91 Å². The molecule has 0 saturated carbocycles. The van der Waals surface area contributed by atoms with Crippen LogP contribution in [0.15, 0.2) is 18.2 Å². The van der Waals surface area contributed by atoms with E-state index in [-0.39, 0.29) is 6.61 Å². The van der Waals surface area contributed by atoms with Crippen LogP contribution in [0.4, 0.5) is 0 Å². The Kier molecular flexibility index (Phi) is 7.56. The number of methoxy groups -OCH3 is 1. The predicted octanol–water partition coefficient (Wildman–Crippen LogP) is 0.601. The van der Waals surface area contributed by atoms with E-state index in [0.29, 0.717) is 18.0 Å². The minimum Gasteiger partial charge on any atom is -0.493 e. The summed E-state index contributed by atoms with van der Waals surface area (Å²) in [5, 5.41) is 3.36. The second-order valence-corrected chi connectivity index (χ2v) is 5.04. The van der Waals surface area contributed by atoms with Crippen molar-refractivity contribution in [3.05, 3.63) is 23.8 Å². The van der Waals surface area contributed by atoms with Gasteiger partial charge in [0.25, 0.3) is 5.91 Å². The Balaban J connectivity index is 2.60. The Morgan fingerprint density at radius 3 is 2.76 bits per heavy atom. The van der Waals surface area contributed by atoms with Gasteiger partial charge in [0.15, 0.2) is 18.1 Å². The highest BCUT2D eigenvalue weighted by atomic mass is 16.5. The van der Waals surface area contributed by atoms with Gasteiger partial charge >= 0.3 is 0 Å². The second kappa shape index (κ2) is 9.20. The average Bonchev–Trinajstić information content (AvgIpc) is 2.44. The van der Waals surface area contributed by atoms with Gasteiger partial charge in [0, 0.05) is 12.1 Å². The summed E-state index contributed by atoms with van der Waals surface area (Å²) in [5.74, 6) is 0.661. The van der Waals surface area contributed by atoms with Crippen LogP contribution in [-0.2, 0) is 11.3 Å². The molecule has 118 valence electrons. The lowest BCUT2D eigenvalue weighted by molar-refractivity contribution is -0.119. The molecule has 0 radical (unpaired) electrons. The third-order valence-corrected chi connectivity index (χ3v) is 2.91. The van der Waals surface area contributed by atoms with Crippen molar-refractivity contribution < 1.29 is 14.3 Å². The lowest BCUT2D eigenvalue weighted by atomic mass is 10.2. The van der Waals surface area contributed by atoms with Gasteiger partial charge in [-0.25, -0.2) is 0 Å². The number of para-hydroxylation sites is 1. The van der Waals surface area contributed by atoms with Crippen LogP contribution in [0.3, 0.4) is 0 Å². The van der Waals surface area contributed by atoms with Crippen LogP contribution in [0.25, 0.3) is 0 Å². The van der Waals surface area contributed by atoms with Crippen LogP contribution in [0, 0.1) is 0 Å². The van der Waals surface area contributed by atoms with E-state index < -0.39 is 5.91 Å². The van der Waals surface area contributed by atoms with Gasteiger partial charge in [-0.2, -0.15) is 0 Å². The number of carbonyl (C=O) groups excluding carboxylic acids is 1. The summed E-state index contributed by atoms with van der Waals surface area (Å²) in [5.41, 5.74) is 6.07. The van der Waals surface area contributed by atoms with Gasteiger partial charge in [-0.15, -0.1) is 0 Å². The summed E-state index contributed by atoms with van der Waals surface area (Å²) in [7, 11) is 5.68. The van der Waals surface area contributed by atoms with Gasteiger partial charge in [0.1, 0.15) is 0 Å². The first-order chi connectivity index (χ1) is 10.0. The predicted molar refractivity (Wildman–Crippen MR) is 82.6 cm³/mol. The number of benzene rings is 1. The molecular weight excluding hydrogens is 270 g/mol. The van der Waals surface area contributed by atoms with E-state index in [9.17, 15) is 4.79 Å². The van der Waals surface area contributed by atoms with Crippen LogP contribution in [0.5, 0.6) is 11.5 Å². The largest absolute Gasteiger partial charge is 0.493 e. The lowest BCUT2D eigenvalue weighted by Crippen LogP contribution is -2.23. The van der Waals surface area contributed by atoms with Gasteiger partial charge in [-0.05, 0) is 39.7 Å². The first kappa shape index (κ1) is 17.3. The maximum atomic E-state index is 10.9. The van der Waals surface area contributed by atoms with E-state index >= 15 is 0 Å². The molecule has 0 aliphatic rings. The highest BCUT2D eigenvalue weighted by Crippen LogP contribution is 2.30. The zero-order valence-electron chi connectivity index (χ0n) is 13.0. The molecule has 0 spiro atoms. The third-order valence-electron chi connectivity index (χ3n) is 2.91. The van der Waals surface area contributed by atoms with Gasteiger partial charge in [0.2, 0.25) is 0 Å². The summed E-state index contributed by atoms with van der Waals surface area (Å²) in [6, 6.07) is 5.64. The zero-order valence-corrected chi connectivity index (χ0v) is 13.0. The number of hydrogen-bond donors (Lipinski definition) is 2. The molecule has 21 heavy (non-hydrogen) atoms. The Hall–Kier alpha value is -1.79. The summed E-state index contributed by atoms with van der Waals surface area (Å²) >= 11 is 0. The van der Waals surface area contributed by atoms with Crippen LogP contribution in [0.2, 0.25) is 0 Å². The van der Waals surface area contributed by atoms with Crippen LogP contribution >= 0.6 is 0 Å². The number of nitrogens with one attached hydrogen (secondary N) is 1. The number of rotatable bonds is 10. The fourth-order valence-electron chi connectivity index (χ4n) is 1.91. The summed E-state index contributed by atoms with van der Waals surface area (Å²) in [4.78, 5) is 13.0. The SMILES string of the molecule is COc1cccc(CNCCCN(C)C)c1OCC(N)=O. The molecule has 1 aromatic carbocycles. The number of ether oxygens (including phenoxy) is 2. The number of primary amides is 1. The molecule has 0 fully saturated rings. The molecule has 0 bridgehead atoms. The standard InChI is InChI=1S/C15H25N3O3/c1-18(2)9-5-8-17-10-12-6-4-7-13(20-3)15(12)21-11-14(16)19/h4,6-7,17H,5,8-11H2,1-3H3,(H2,16,19). The molecule has 3 N–H and O–H groups in total. The summed E-state index contributed by atoms with van der Waals surface area (Å²) in [6.45, 7) is 2.44.